The van der Waals surface area contributed by atoms with Gasteiger partial charge in [-0.3, -0.25) is 4.79 Å². The molecular formula is C14H20FN3O. The van der Waals surface area contributed by atoms with Gasteiger partial charge in [0.25, 0.3) is 5.91 Å². The molecule has 1 fully saturated rings. The third kappa shape index (κ3) is 3.22. The molecular weight excluding hydrogens is 245 g/mol. The monoisotopic (exact) mass is 265 g/mol. The molecule has 1 saturated carbocycles. The van der Waals surface area contributed by atoms with Crippen LogP contribution in [0.15, 0.2) is 12.3 Å². The van der Waals surface area contributed by atoms with Gasteiger partial charge in [-0.25, -0.2) is 9.37 Å². The van der Waals surface area contributed by atoms with Crippen molar-refractivity contribution in [2.75, 3.05) is 18.9 Å². The lowest BCUT2D eigenvalue weighted by molar-refractivity contribution is 0.0944. The van der Waals surface area contributed by atoms with Gasteiger partial charge in [-0.15, -0.1) is 0 Å². The van der Waals surface area contributed by atoms with Gasteiger partial charge in [-0.1, -0.05) is 13.3 Å². The average Bonchev–Trinajstić information content (AvgIpc) is 3.17. The quantitative estimate of drug-likeness (QED) is 0.831. The smallest absolute Gasteiger partial charge is 0.255 e. The molecule has 0 atom stereocenters. The third-order valence-corrected chi connectivity index (χ3v) is 3.70. The van der Waals surface area contributed by atoms with Gasteiger partial charge in [-0.2, -0.15) is 0 Å². The molecule has 2 rings (SSSR count). The first-order valence-electron chi connectivity index (χ1n) is 6.72. The normalized spacial score (nSPS) is 15.9. The Morgan fingerprint density at radius 1 is 1.53 bits per heavy atom. The number of halogens is 1. The van der Waals surface area contributed by atoms with Crippen LogP contribution in [0.5, 0.6) is 0 Å². The summed E-state index contributed by atoms with van der Waals surface area (Å²) >= 11 is 0. The van der Waals surface area contributed by atoms with Crippen LogP contribution in [0.1, 0.15) is 43.0 Å². The number of pyridine rings is 1. The molecule has 5 heteroatoms. The van der Waals surface area contributed by atoms with Crippen LogP contribution < -0.4 is 10.6 Å². The van der Waals surface area contributed by atoms with E-state index < -0.39 is 5.82 Å². The minimum absolute atomic E-state index is 0.259. The van der Waals surface area contributed by atoms with E-state index in [2.05, 4.69) is 22.5 Å². The van der Waals surface area contributed by atoms with Crippen LogP contribution in [0.3, 0.4) is 0 Å². The first kappa shape index (κ1) is 13.8. The van der Waals surface area contributed by atoms with E-state index in [-0.39, 0.29) is 16.9 Å². The summed E-state index contributed by atoms with van der Waals surface area (Å²) in [5, 5.41) is 5.71. The highest BCUT2D eigenvalue weighted by molar-refractivity contribution is 5.98. The molecule has 1 aromatic rings. The molecule has 0 aromatic carbocycles. The van der Waals surface area contributed by atoms with Crippen molar-refractivity contribution in [3.05, 3.63) is 23.6 Å². The highest BCUT2D eigenvalue weighted by Crippen LogP contribution is 2.48. The SMILES string of the molecule is CCCC1(CNC(=O)c2cc(F)cnc2NC)CC1. The van der Waals surface area contributed by atoms with Crippen LogP contribution in [0.25, 0.3) is 0 Å². The number of carbonyl (C=O) groups is 1. The Hall–Kier alpha value is -1.65. The predicted octanol–water partition coefficient (Wildman–Crippen LogP) is 2.57. The van der Waals surface area contributed by atoms with Crippen molar-refractivity contribution in [1.82, 2.24) is 10.3 Å². The molecule has 0 bridgehead atoms. The highest BCUT2D eigenvalue weighted by atomic mass is 19.1. The van der Waals surface area contributed by atoms with Gasteiger partial charge in [-0.05, 0) is 30.7 Å². The molecule has 0 aliphatic heterocycles. The van der Waals surface area contributed by atoms with Gasteiger partial charge in [0.1, 0.15) is 11.6 Å². The number of nitrogens with one attached hydrogen (secondary N) is 2. The summed E-state index contributed by atoms with van der Waals surface area (Å²) < 4.78 is 13.2. The molecule has 0 unspecified atom stereocenters. The van der Waals surface area contributed by atoms with E-state index in [0.717, 1.165) is 19.0 Å². The number of hydrogen-bond acceptors (Lipinski definition) is 3. The van der Waals surface area contributed by atoms with E-state index in [1.165, 1.54) is 18.9 Å². The minimum Gasteiger partial charge on any atom is -0.372 e. The number of rotatable bonds is 6. The van der Waals surface area contributed by atoms with E-state index in [0.29, 0.717) is 12.4 Å². The van der Waals surface area contributed by atoms with E-state index in [1.807, 2.05) is 0 Å². The molecule has 0 radical (unpaired) electrons. The molecule has 104 valence electrons. The van der Waals surface area contributed by atoms with Crippen LogP contribution in [0, 0.1) is 11.2 Å². The van der Waals surface area contributed by atoms with Gasteiger partial charge < -0.3 is 10.6 Å². The second-order valence-corrected chi connectivity index (χ2v) is 5.23. The molecule has 1 aliphatic carbocycles. The van der Waals surface area contributed by atoms with E-state index >= 15 is 0 Å². The second kappa shape index (κ2) is 5.55. The summed E-state index contributed by atoms with van der Waals surface area (Å²) in [5.74, 6) is -0.364. The largest absolute Gasteiger partial charge is 0.372 e. The van der Waals surface area contributed by atoms with E-state index in [1.54, 1.807) is 7.05 Å². The maximum Gasteiger partial charge on any atom is 0.255 e. The lowest BCUT2D eigenvalue weighted by atomic mass is 10.0. The standard InChI is InChI=1S/C14H20FN3O/c1-3-4-14(5-6-14)9-18-13(19)11-7-10(15)8-17-12(11)16-2/h7-8H,3-6,9H2,1-2H3,(H,16,17)(H,18,19). The van der Waals surface area contributed by atoms with Gasteiger partial charge in [0.15, 0.2) is 0 Å². The number of aromatic nitrogens is 1. The fraction of sp³-hybridized carbons (Fsp3) is 0.571. The van der Waals surface area contributed by atoms with Crippen LogP contribution in [0.2, 0.25) is 0 Å². The molecule has 4 nitrogen and oxygen atoms in total. The van der Waals surface area contributed by atoms with E-state index in [9.17, 15) is 9.18 Å². The Kier molecular flexibility index (Phi) is 4.02. The fourth-order valence-electron chi connectivity index (χ4n) is 2.40. The van der Waals surface area contributed by atoms with Gasteiger partial charge in [0, 0.05) is 13.6 Å². The Balaban J connectivity index is 2.02. The molecule has 0 saturated heterocycles. The van der Waals surface area contributed by atoms with Gasteiger partial charge >= 0.3 is 0 Å². The summed E-state index contributed by atoms with van der Waals surface area (Å²) in [6.07, 6.45) is 5.69. The summed E-state index contributed by atoms with van der Waals surface area (Å²) in [5.41, 5.74) is 0.542. The van der Waals surface area contributed by atoms with Gasteiger partial charge in [0.05, 0.1) is 11.8 Å². The third-order valence-electron chi connectivity index (χ3n) is 3.70. The summed E-state index contributed by atoms with van der Waals surface area (Å²) in [7, 11) is 1.66. The van der Waals surface area contributed by atoms with Crippen molar-refractivity contribution in [1.29, 1.82) is 0 Å². The van der Waals surface area contributed by atoms with Crippen molar-refractivity contribution in [3.8, 4) is 0 Å². The van der Waals surface area contributed by atoms with Crippen LogP contribution in [-0.4, -0.2) is 24.5 Å². The summed E-state index contributed by atoms with van der Waals surface area (Å²) in [6, 6.07) is 1.22. The minimum atomic E-state index is -0.501. The maximum atomic E-state index is 13.2. The zero-order chi connectivity index (χ0) is 13.9. The zero-order valence-electron chi connectivity index (χ0n) is 11.4. The molecule has 1 amide bonds. The molecule has 1 aliphatic rings. The first-order valence-corrected chi connectivity index (χ1v) is 6.72. The number of amides is 1. The Morgan fingerprint density at radius 3 is 2.84 bits per heavy atom. The Labute approximate surface area is 112 Å². The van der Waals surface area contributed by atoms with Crippen molar-refractivity contribution >= 4 is 11.7 Å². The zero-order valence-corrected chi connectivity index (χ0v) is 11.4. The number of hydrogen-bond donors (Lipinski definition) is 2. The summed E-state index contributed by atoms with van der Waals surface area (Å²) in [4.78, 5) is 16.0. The molecule has 1 heterocycles. The first-order chi connectivity index (χ1) is 9.10. The van der Waals surface area contributed by atoms with Crippen molar-refractivity contribution in [2.24, 2.45) is 5.41 Å². The molecule has 2 N–H and O–H groups in total. The van der Waals surface area contributed by atoms with Crippen LogP contribution >= 0.6 is 0 Å². The summed E-state index contributed by atoms with van der Waals surface area (Å²) in [6.45, 7) is 2.82. The highest BCUT2D eigenvalue weighted by Gasteiger charge is 2.41. The van der Waals surface area contributed by atoms with Crippen LogP contribution in [-0.2, 0) is 0 Å². The maximum absolute atomic E-state index is 13.2. The number of anilines is 1. The topological polar surface area (TPSA) is 54.0 Å². The molecule has 0 spiro atoms. The number of nitrogens with zero attached hydrogens (tertiary/aromatic N) is 1. The Morgan fingerprint density at radius 2 is 2.26 bits per heavy atom. The second-order valence-electron chi connectivity index (χ2n) is 5.23. The Bertz CT molecular complexity index is 472. The lowest BCUT2D eigenvalue weighted by Crippen LogP contribution is -2.31. The lowest BCUT2D eigenvalue weighted by Gasteiger charge is -2.15. The molecule has 19 heavy (non-hydrogen) atoms. The fourth-order valence-corrected chi connectivity index (χ4v) is 2.40. The van der Waals surface area contributed by atoms with Gasteiger partial charge in [0.2, 0.25) is 0 Å². The predicted molar refractivity (Wildman–Crippen MR) is 72.6 cm³/mol. The molecule has 1 aromatic heterocycles. The van der Waals surface area contributed by atoms with Crippen molar-refractivity contribution in [2.45, 2.75) is 32.6 Å². The average molecular weight is 265 g/mol. The van der Waals surface area contributed by atoms with Crippen LogP contribution in [0.4, 0.5) is 10.2 Å². The number of carbonyl (C=O) groups excluding carboxylic acids is 1. The van der Waals surface area contributed by atoms with Crippen molar-refractivity contribution in [3.63, 3.8) is 0 Å². The van der Waals surface area contributed by atoms with Crippen molar-refractivity contribution < 1.29 is 9.18 Å². The van der Waals surface area contributed by atoms with E-state index in [4.69, 9.17) is 0 Å².